The van der Waals surface area contributed by atoms with E-state index in [9.17, 15) is 4.79 Å². The molecule has 0 spiro atoms. The van der Waals surface area contributed by atoms with Gasteiger partial charge in [0.15, 0.2) is 11.5 Å². The van der Waals surface area contributed by atoms with Crippen LogP contribution >= 0.6 is 0 Å². The molecule has 0 aliphatic carbocycles. The van der Waals surface area contributed by atoms with Crippen molar-refractivity contribution in [2.75, 3.05) is 19.8 Å². The van der Waals surface area contributed by atoms with Gasteiger partial charge in [-0.2, -0.15) is 0 Å². The first-order valence-corrected chi connectivity index (χ1v) is 7.22. The molecular weight excluding hydrogens is 268 g/mol. The minimum atomic E-state index is -0.740. The van der Waals surface area contributed by atoms with E-state index in [0.29, 0.717) is 37.7 Å². The number of rotatable bonds is 9. The number of benzene rings is 1. The number of para-hydroxylation sites is 2. The standard InChI is InChI=1S/C17H24O4/c1-5-17(4,16(18)20-7-3)12-13-21-15-11-9-8-10-14(15)19-6-2/h5,8-11H,1,6-7,12-13H2,2-4H3. The molecule has 0 aromatic heterocycles. The molecule has 0 aliphatic heterocycles. The highest BCUT2D eigenvalue weighted by molar-refractivity contribution is 5.78. The predicted octanol–water partition coefficient (Wildman–Crippen LogP) is 3.61. The molecule has 1 aromatic rings. The van der Waals surface area contributed by atoms with Gasteiger partial charge in [-0.1, -0.05) is 18.2 Å². The number of hydrogen-bond donors (Lipinski definition) is 0. The minimum Gasteiger partial charge on any atom is -0.490 e. The van der Waals surface area contributed by atoms with Gasteiger partial charge in [0.1, 0.15) is 0 Å². The van der Waals surface area contributed by atoms with Gasteiger partial charge >= 0.3 is 5.97 Å². The zero-order valence-electron chi connectivity index (χ0n) is 13.1. The Morgan fingerprint density at radius 2 is 1.81 bits per heavy atom. The third-order valence-electron chi connectivity index (χ3n) is 3.22. The quantitative estimate of drug-likeness (QED) is 0.515. The smallest absolute Gasteiger partial charge is 0.315 e. The molecule has 21 heavy (non-hydrogen) atoms. The fourth-order valence-electron chi connectivity index (χ4n) is 1.80. The summed E-state index contributed by atoms with van der Waals surface area (Å²) in [4.78, 5) is 11.9. The summed E-state index contributed by atoms with van der Waals surface area (Å²) in [6.45, 7) is 10.6. The molecular formula is C17H24O4. The van der Waals surface area contributed by atoms with Crippen molar-refractivity contribution >= 4 is 5.97 Å². The lowest BCUT2D eigenvalue weighted by molar-refractivity contribution is -0.152. The van der Waals surface area contributed by atoms with Crippen molar-refractivity contribution in [1.82, 2.24) is 0 Å². The fourth-order valence-corrected chi connectivity index (χ4v) is 1.80. The molecule has 4 nitrogen and oxygen atoms in total. The Hall–Kier alpha value is -1.97. The maximum absolute atomic E-state index is 11.9. The van der Waals surface area contributed by atoms with Crippen molar-refractivity contribution in [2.45, 2.75) is 27.2 Å². The van der Waals surface area contributed by atoms with Crippen LogP contribution in [0.3, 0.4) is 0 Å². The third kappa shape index (κ3) is 4.81. The fraction of sp³-hybridized carbons (Fsp3) is 0.471. The maximum atomic E-state index is 11.9. The van der Waals surface area contributed by atoms with E-state index in [4.69, 9.17) is 14.2 Å². The number of carbonyl (C=O) groups is 1. The Balaban J connectivity index is 2.63. The summed E-state index contributed by atoms with van der Waals surface area (Å²) in [6.07, 6.45) is 2.11. The third-order valence-corrected chi connectivity index (χ3v) is 3.22. The van der Waals surface area contributed by atoms with Gasteiger partial charge in [-0.05, 0) is 32.9 Å². The number of hydrogen-bond acceptors (Lipinski definition) is 4. The lowest BCUT2D eigenvalue weighted by atomic mass is 9.87. The summed E-state index contributed by atoms with van der Waals surface area (Å²) in [5.41, 5.74) is -0.740. The zero-order valence-corrected chi connectivity index (χ0v) is 13.1. The lowest BCUT2D eigenvalue weighted by Crippen LogP contribution is -2.29. The molecule has 0 bridgehead atoms. The molecule has 1 aromatic carbocycles. The van der Waals surface area contributed by atoms with Crippen LogP contribution in [0.15, 0.2) is 36.9 Å². The van der Waals surface area contributed by atoms with Crippen LogP contribution in [0.25, 0.3) is 0 Å². The van der Waals surface area contributed by atoms with E-state index in [-0.39, 0.29) is 5.97 Å². The van der Waals surface area contributed by atoms with Crippen LogP contribution in [0.5, 0.6) is 11.5 Å². The maximum Gasteiger partial charge on any atom is 0.315 e. The molecule has 1 rings (SSSR count). The molecule has 1 atom stereocenters. The van der Waals surface area contributed by atoms with Gasteiger partial charge in [-0.15, -0.1) is 6.58 Å². The van der Waals surface area contributed by atoms with E-state index in [1.807, 2.05) is 31.2 Å². The molecule has 0 aliphatic rings. The van der Waals surface area contributed by atoms with Crippen molar-refractivity contribution in [3.05, 3.63) is 36.9 Å². The van der Waals surface area contributed by atoms with Crippen LogP contribution in [-0.2, 0) is 9.53 Å². The Bertz CT molecular complexity index is 470. The first kappa shape index (κ1) is 17.1. The second-order valence-electron chi connectivity index (χ2n) is 4.82. The molecule has 0 N–H and O–H groups in total. The van der Waals surface area contributed by atoms with Gasteiger partial charge in [0.05, 0.1) is 25.2 Å². The van der Waals surface area contributed by atoms with Crippen LogP contribution in [0.1, 0.15) is 27.2 Å². The highest BCUT2D eigenvalue weighted by Gasteiger charge is 2.31. The highest BCUT2D eigenvalue weighted by Crippen LogP contribution is 2.29. The normalized spacial score (nSPS) is 13.1. The topological polar surface area (TPSA) is 44.8 Å². The van der Waals surface area contributed by atoms with Gasteiger partial charge in [0, 0.05) is 6.42 Å². The van der Waals surface area contributed by atoms with E-state index in [1.165, 1.54) is 0 Å². The molecule has 1 unspecified atom stereocenters. The first-order valence-electron chi connectivity index (χ1n) is 7.22. The predicted molar refractivity (Wildman–Crippen MR) is 82.7 cm³/mol. The zero-order chi connectivity index (χ0) is 15.7. The van der Waals surface area contributed by atoms with E-state index in [0.717, 1.165) is 0 Å². The SMILES string of the molecule is C=CC(C)(CCOc1ccccc1OCC)C(=O)OCC. The van der Waals surface area contributed by atoms with Crippen molar-refractivity contribution in [2.24, 2.45) is 5.41 Å². The van der Waals surface area contributed by atoms with Crippen molar-refractivity contribution in [3.8, 4) is 11.5 Å². The second kappa shape index (κ2) is 8.35. The van der Waals surface area contributed by atoms with E-state index >= 15 is 0 Å². The summed E-state index contributed by atoms with van der Waals surface area (Å²) < 4.78 is 16.3. The first-order chi connectivity index (χ1) is 10.1. The van der Waals surface area contributed by atoms with Crippen molar-refractivity contribution in [1.29, 1.82) is 0 Å². The summed E-state index contributed by atoms with van der Waals surface area (Å²) in [7, 11) is 0. The van der Waals surface area contributed by atoms with Gasteiger partial charge in [-0.3, -0.25) is 4.79 Å². The van der Waals surface area contributed by atoms with E-state index in [2.05, 4.69) is 6.58 Å². The van der Waals surface area contributed by atoms with Crippen molar-refractivity contribution in [3.63, 3.8) is 0 Å². The highest BCUT2D eigenvalue weighted by atomic mass is 16.5. The van der Waals surface area contributed by atoms with E-state index in [1.54, 1.807) is 19.9 Å². The van der Waals surface area contributed by atoms with Gasteiger partial charge in [-0.25, -0.2) is 0 Å². The Morgan fingerprint density at radius 1 is 1.19 bits per heavy atom. The Morgan fingerprint density at radius 3 is 2.33 bits per heavy atom. The number of ether oxygens (including phenoxy) is 3. The average Bonchev–Trinajstić information content (AvgIpc) is 2.49. The van der Waals surface area contributed by atoms with Gasteiger partial charge in [0.2, 0.25) is 0 Å². The monoisotopic (exact) mass is 292 g/mol. The number of esters is 1. The van der Waals surface area contributed by atoms with Gasteiger partial charge < -0.3 is 14.2 Å². The summed E-state index contributed by atoms with van der Waals surface area (Å²) >= 11 is 0. The van der Waals surface area contributed by atoms with Crippen LogP contribution in [0.2, 0.25) is 0 Å². The van der Waals surface area contributed by atoms with Crippen LogP contribution in [0, 0.1) is 5.41 Å². The summed E-state index contributed by atoms with van der Waals surface area (Å²) in [5, 5.41) is 0. The minimum absolute atomic E-state index is 0.276. The van der Waals surface area contributed by atoms with E-state index < -0.39 is 5.41 Å². The largest absolute Gasteiger partial charge is 0.490 e. The van der Waals surface area contributed by atoms with Crippen LogP contribution in [-0.4, -0.2) is 25.8 Å². The second-order valence-corrected chi connectivity index (χ2v) is 4.82. The lowest BCUT2D eigenvalue weighted by Gasteiger charge is -2.23. The molecule has 116 valence electrons. The van der Waals surface area contributed by atoms with Crippen LogP contribution < -0.4 is 9.47 Å². The molecule has 0 saturated carbocycles. The Kier molecular flexibility index (Phi) is 6.79. The van der Waals surface area contributed by atoms with Gasteiger partial charge in [0.25, 0.3) is 0 Å². The molecule has 0 radical (unpaired) electrons. The summed E-state index contributed by atoms with van der Waals surface area (Å²) in [6, 6.07) is 7.48. The molecule has 0 saturated heterocycles. The Labute approximate surface area is 126 Å². The molecule has 0 fully saturated rings. The molecule has 0 amide bonds. The van der Waals surface area contributed by atoms with Crippen molar-refractivity contribution < 1.29 is 19.0 Å². The summed E-state index contributed by atoms with van der Waals surface area (Å²) in [5.74, 6) is 1.10. The average molecular weight is 292 g/mol. The number of carbonyl (C=O) groups excluding carboxylic acids is 1. The molecule has 4 heteroatoms. The van der Waals surface area contributed by atoms with Crippen LogP contribution in [0.4, 0.5) is 0 Å². The molecule has 0 heterocycles.